The van der Waals surface area contributed by atoms with Crippen LogP contribution in [0.4, 0.5) is 14.6 Å². The molecule has 0 atom stereocenters. The fourth-order valence-corrected chi connectivity index (χ4v) is 1.61. The number of aromatic nitrogens is 2. The van der Waals surface area contributed by atoms with Gasteiger partial charge in [0, 0.05) is 16.7 Å². The van der Waals surface area contributed by atoms with Gasteiger partial charge in [-0.3, -0.25) is 45.1 Å². The molecule has 0 aliphatic rings. The molecule has 0 aromatic carbocycles. The fraction of sp³-hybridized carbons (Fsp3) is 0.571. The summed E-state index contributed by atoms with van der Waals surface area (Å²) in [5.41, 5.74) is 7.52. The largest absolute Gasteiger partial charge is 0.633 e. The van der Waals surface area contributed by atoms with Crippen LogP contribution in [0.1, 0.15) is 5.56 Å². The normalized spacial score (nSPS) is 11.5. The maximum Gasteiger partial charge on any atom is 0.633 e. The van der Waals surface area contributed by atoms with Gasteiger partial charge < -0.3 is 0 Å². The molecule has 0 N–H and O–H groups in total. The Balaban J connectivity index is 3.38. The quantitative estimate of drug-likeness (QED) is 0.111. The number of azide groups is 1. The van der Waals surface area contributed by atoms with Crippen molar-refractivity contribution in [2.45, 2.75) is 24.8 Å². The number of hydrogen-bond donors (Lipinski definition) is 0. The molecule has 19 heteroatoms. The van der Waals surface area contributed by atoms with Gasteiger partial charge in [0.15, 0.2) is 12.2 Å². The number of nitrogens with zero attached hydrogens (tertiary/aromatic N) is 9. The van der Waals surface area contributed by atoms with Gasteiger partial charge in [-0.1, -0.05) is 8.78 Å². The summed E-state index contributed by atoms with van der Waals surface area (Å²) >= 11 is 0. The minimum Gasteiger partial charge on any atom is -0.256 e. The lowest BCUT2D eigenvalue weighted by atomic mass is 10.2. The van der Waals surface area contributed by atoms with Crippen molar-refractivity contribution >= 4 is 5.82 Å². The molecule has 0 radical (unpaired) electrons. The smallest absolute Gasteiger partial charge is 0.256 e. The van der Waals surface area contributed by atoms with Crippen LogP contribution in [0.3, 0.4) is 0 Å². The molecule has 0 amide bonds. The van der Waals surface area contributed by atoms with Crippen molar-refractivity contribution in [3.63, 3.8) is 0 Å². The Morgan fingerprint density at radius 3 is 1.92 bits per heavy atom. The highest BCUT2D eigenvalue weighted by Gasteiger charge is 2.60. The van der Waals surface area contributed by atoms with E-state index >= 15 is 0 Å². The minimum atomic E-state index is -4.29. The minimum absolute atomic E-state index is 0.130. The molecule has 17 nitrogen and oxygen atoms in total. The van der Waals surface area contributed by atoms with E-state index in [0.717, 1.165) is 0 Å². The summed E-state index contributed by atoms with van der Waals surface area (Å²) < 4.78 is 27.8. The molecule has 1 aromatic heterocycles. The number of nitro groups is 4. The van der Waals surface area contributed by atoms with Crippen LogP contribution in [0.15, 0.2) is 11.3 Å². The van der Waals surface area contributed by atoms with E-state index in [1.807, 2.05) is 0 Å². The Kier molecular flexibility index (Phi) is 5.27. The second kappa shape index (κ2) is 6.84. The van der Waals surface area contributed by atoms with Crippen LogP contribution in [-0.4, -0.2) is 41.3 Å². The molecule has 0 spiro atoms. The molecule has 0 aliphatic carbocycles. The van der Waals surface area contributed by atoms with Gasteiger partial charge in [0.2, 0.25) is 6.54 Å². The molecule has 1 aromatic rings. The summed E-state index contributed by atoms with van der Waals surface area (Å²) in [4.78, 5) is 36.7. The Bertz CT molecular complexity index is 804. The Morgan fingerprint density at radius 1 is 1.08 bits per heavy atom. The first-order chi connectivity index (χ1) is 11.9. The van der Waals surface area contributed by atoms with Crippen LogP contribution in [0, 0.1) is 40.5 Å². The van der Waals surface area contributed by atoms with Crippen molar-refractivity contribution in [1.82, 2.24) is 9.78 Å². The van der Waals surface area contributed by atoms with Crippen LogP contribution in [0.5, 0.6) is 0 Å². The Morgan fingerprint density at radius 2 is 1.54 bits per heavy atom. The van der Waals surface area contributed by atoms with E-state index in [1.165, 1.54) is 0 Å². The van der Waals surface area contributed by atoms with Gasteiger partial charge in [0.05, 0.1) is 0 Å². The van der Waals surface area contributed by atoms with Crippen LogP contribution in [0.25, 0.3) is 10.4 Å². The number of alkyl halides is 2. The van der Waals surface area contributed by atoms with E-state index in [4.69, 9.17) is 5.53 Å². The predicted octanol–water partition coefficient (Wildman–Crippen LogP) is 0.721. The molecule has 0 saturated heterocycles. The Hall–Kier alpha value is -4.02. The number of halogens is 2. The Labute approximate surface area is 138 Å². The molecule has 0 unspecified atom stereocenters. The highest BCUT2D eigenvalue weighted by atomic mass is 19.2. The van der Waals surface area contributed by atoms with Gasteiger partial charge in [0.1, 0.15) is 19.7 Å². The molecule has 140 valence electrons. The second-order valence-electron chi connectivity index (χ2n) is 4.51. The van der Waals surface area contributed by atoms with Gasteiger partial charge in [-0.2, -0.15) is 5.10 Å². The maximum atomic E-state index is 13.9. The lowest BCUT2D eigenvalue weighted by Crippen LogP contribution is -2.45. The first-order valence-corrected chi connectivity index (χ1v) is 5.95. The second-order valence-corrected chi connectivity index (χ2v) is 4.51. The van der Waals surface area contributed by atoms with Crippen molar-refractivity contribution in [2.24, 2.45) is 5.11 Å². The van der Waals surface area contributed by atoms with Crippen molar-refractivity contribution in [3.8, 4) is 0 Å². The topological polar surface area (TPSA) is 239 Å². The standard InChI is InChI=1S/C7H5F2N9O8/c8-6(15(19)20,16(21)22)1-4-2-14(12-5(4)11-13-10)3-7(9,17(23)24)18(25)26/h2H,1,3H2. The van der Waals surface area contributed by atoms with Gasteiger partial charge in [-0.05, 0) is 10.6 Å². The first kappa shape index (κ1) is 20.0. The molecule has 1 rings (SSSR count). The van der Waals surface area contributed by atoms with Crippen LogP contribution < -0.4 is 0 Å². The highest BCUT2D eigenvalue weighted by Crippen LogP contribution is 2.27. The molecule has 0 saturated carbocycles. The average Bonchev–Trinajstić information content (AvgIpc) is 2.87. The third-order valence-electron chi connectivity index (χ3n) is 2.85. The van der Waals surface area contributed by atoms with Crippen LogP contribution >= 0.6 is 0 Å². The van der Waals surface area contributed by atoms with E-state index < -0.39 is 55.9 Å². The average molecular weight is 381 g/mol. The van der Waals surface area contributed by atoms with Crippen LogP contribution in [-0.2, 0) is 13.0 Å². The SMILES string of the molecule is [N-]=[N+]=Nc1nn(CC(F)([N+](=O)[O-])[N+](=O)[O-])cc1CC(F)([N+](=O)[O-])[N+](=O)[O-]. The van der Waals surface area contributed by atoms with Gasteiger partial charge in [-0.15, -0.1) is 0 Å². The van der Waals surface area contributed by atoms with E-state index in [1.54, 1.807) is 0 Å². The van der Waals surface area contributed by atoms with Gasteiger partial charge in [0.25, 0.3) is 0 Å². The third-order valence-corrected chi connectivity index (χ3v) is 2.85. The summed E-state index contributed by atoms with van der Waals surface area (Å²) in [6.07, 6.45) is -1.25. The van der Waals surface area contributed by atoms with Crippen molar-refractivity contribution in [2.75, 3.05) is 0 Å². The third kappa shape index (κ3) is 3.56. The summed E-state index contributed by atoms with van der Waals surface area (Å²) in [6.45, 7) is -1.70. The molecule has 26 heavy (non-hydrogen) atoms. The molecule has 0 fully saturated rings. The predicted molar refractivity (Wildman–Crippen MR) is 70.4 cm³/mol. The monoisotopic (exact) mass is 381 g/mol. The molecule has 1 heterocycles. The zero-order chi connectivity index (χ0) is 20.3. The molecular weight excluding hydrogens is 376 g/mol. The van der Waals surface area contributed by atoms with Gasteiger partial charge >= 0.3 is 11.8 Å². The zero-order valence-electron chi connectivity index (χ0n) is 12.0. The summed E-state index contributed by atoms with van der Waals surface area (Å²) in [6, 6.07) is 0. The summed E-state index contributed by atoms with van der Waals surface area (Å²) in [5, 5.41) is 48.2. The maximum absolute atomic E-state index is 13.9. The van der Waals surface area contributed by atoms with Crippen molar-refractivity contribution in [1.29, 1.82) is 0 Å². The zero-order valence-corrected chi connectivity index (χ0v) is 12.0. The molecule has 0 aliphatic heterocycles. The number of hydrogen-bond acceptors (Lipinski definition) is 10. The lowest BCUT2D eigenvalue weighted by molar-refractivity contribution is -0.833. The molecule has 0 bridgehead atoms. The van der Waals surface area contributed by atoms with E-state index in [0.29, 0.717) is 6.20 Å². The van der Waals surface area contributed by atoms with Gasteiger partial charge in [-0.25, -0.2) is 0 Å². The summed E-state index contributed by atoms with van der Waals surface area (Å²) in [5.74, 6) is -9.49. The fourth-order valence-electron chi connectivity index (χ4n) is 1.61. The van der Waals surface area contributed by atoms with E-state index in [-0.39, 0.29) is 4.68 Å². The van der Waals surface area contributed by atoms with Crippen molar-refractivity contribution in [3.05, 3.63) is 62.7 Å². The lowest BCUT2D eigenvalue weighted by Gasteiger charge is -2.08. The van der Waals surface area contributed by atoms with E-state index in [9.17, 15) is 49.2 Å². The first-order valence-electron chi connectivity index (χ1n) is 5.95. The van der Waals surface area contributed by atoms with Crippen molar-refractivity contribution < 1.29 is 28.5 Å². The highest BCUT2D eigenvalue weighted by molar-refractivity contribution is 5.37. The molecular formula is C7H5F2N9O8. The number of rotatable bonds is 9. The van der Waals surface area contributed by atoms with E-state index in [2.05, 4.69) is 15.1 Å². The van der Waals surface area contributed by atoms with Crippen LogP contribution in [0.2, 0.25) is 0 Å². The summed E-state index contributed by atoms with van der Waals surface area (Å²) in [7, 11) is 0.